The van der Waals surface area contributed by atoms with Gasteiger partial charge in [-0.15, -0.1) is 0 Å². The van der Waals surface area contributed by atoms with Crippen molar-refractivity contribution in [1.82, 2.24) is 0 Å². The Morgan fingerprint density at radius 1 is 1.10 bits per heavy atom. The van der Waals surface area contributed by atoms with Crippen molar-refractivity contribution in [2.24, 2.45) is 5.11 Å². The molecule has 0 aliphatic carbocycles. The van der Waals surface area contributed by atoms with E-state index in [9.17, 15) is 10.2 Å². The molecule has 5 nitrogen and oxygen atoms in total. The van der Waals surface area contributed by atoms with E-state index in [1.807, 2.05) is 18.2 Å². The van der Waals surface area contributed by atoms with Crippen LogP contribution in [0.2, 0.25) is 5.02 Å². The molecule has 108 valence electrons. The van der Waals surface area contributed by atoms with Crippen LogP contribution in [0, 0.1) is 0 Å². The van der Waals surface area contributed by atoms with Crippen molar-refractivity contribution in [3.63, 3.8) is 0 Å². The fourth-order valence-electron chi connectivity index (χ4n) is 1.99. The standard InChI is InChI=1S/C15H14ClN3O2/c16-13-6-4-10(5-7-13)11-2-1-3-12(8-11)15(21)14(20)9-18-19-17/h1-8,14-15,20-21H,9H2. The maximum absolute atomic E-state index is 10.1. The Hall–Kier alpha value is -2.04. The van der Waals surface area contributed by atoms with Crippen LogP contribution in [0.15, 0.2) is 53.6 Å². The van der Waals surface area contributed by atoms with E-state index >= 15 is 0 Å². The largest absolute Gasteiger partial charge is 0.390 e. The van der Waals surface area contributed by atoms with E-state index in [0.29, 0.717) is 10.6 Å². The highest BCUT2D eigenvalue weighted by Crippen LogP contribution is 2.26. The summed E-state index contributed by atoms with van der Waals surface area (Å²) in [6.45, 7) is -0.178. The van der Waals surface area contributed by atoms with E-state index in [1.54, 1.807) is 30.3 Å². The van der Waals surface area contributed by atoms with Gasteiger partial charge in [-0.05, 0) is 40.4 Å². The number of halogens is 1. The number of benzene rings is 2. The SMILES string of the molecule is [N-]=[N+]=NCC(O)C(O)c1cccc(-c2ccc(Cl)cc2)c1. The predicted molar refractivity (Wildman–Crippen MR) is 81.9 cm³/mol. The van der Waals surface area contributed by atoms with Crippen LogP contribution in [0.25, 0.3) is 21.6 Å². The van der Waals surface area contributed by atoms with Gasteiger partial charge in [0.25, 0.3) is 0 Å². The fraction of sp³-hybridized carbons (Fsp3) is 0.200. The lowest BCUT2D eigenvalue weighted by Crippen LogP contribution is -2.21. The monoisotopic (exact) mass is 303 g/mol. The summed E-state index contributed by atoms with van der Waals surface area (Å²) in [5.74, 6) is 0. The van der Waals surface area contributed by atoms with Gasteiger partial charge in [-0.25, -0.2) is 0 Å². The van der Waals surface area contributed by atoms with Gasteiger partial charge in [-0.3, -0.25) is 0 Å². The first-order chi connectivity index (χ1) is 10.1. The van der Waals surface area contributed by atoms with Gasteiger partial charge in [0.1, 0.15) is 6.10 Å². The summed E-state index contributed by atoms with van der Waals surface area (Å²) in [4.78, 5) is 2.57. The molecule has 0 amide bonds. The molecule has 2 N–H and O–H groups in total. The third kappa shape index (κ3) is 3.97. The van der Waals surface area contributed by atoms with Gasteiger partial charge in [-0.1, -0.05) is 47.0 Å². The first kappa shape index (κ1) is 15.4. The molecule has 0 aromatic heterocycles. The summed E-state index contributed by atoms with van der Waals surface area (Å²) < 4.78 is 0. The molecule has 2 rings (SSSR count). The third-order valence-electron chi connectivity index (χ3n) is 3.10. The number of hydrogen-bond donors (Lipinski definition) is 2. The topological polar surface area (TPSA) is 89.2 Å². The number of rotatable bonds is 5. The van der Waals surface area contributed by atoms with Crippen LogP contribution in [0.4, 0.5) is 0 Å². The summed E-state index contributed by atoms with van der Waals surface area (Å²) in [7, 11) is 0. The molecule has 0 fully saturated rings. The van der Waals surface area contributed by atoms with Crippen molar-refractivity contribution in [3.8, 4) is 11.1 Å². The van der Waals surface area contributed by atoms with Crippen LogP contribution < -0.4 is 0 Å². The van der Waals surface area contributed by atoms with Gasteiger partial charge in [0.2, 0.25) is 0 Å². The second-order valence-electron chi connectivity index (χ2n) is 4.56. The maximum Gasteiger partial charge on any atom is 0.105 e. The summed E-state index contributed by atoms with van der Waals surface area (Å²) in [6.07, 6.45) is -2.25. The molecule has 2 atom stereocenters. The molecule has 0 saturated carbocycles. The zero-order chi connectivity index (χ0) is 15.2. The van der Waals surface area contributed by atoms with E-state index in [-0.39, 0.29) is 6.54 Å². The van der Waals surface area contributed by atoms with Crippen molar-refractivity contribution in [3.05, 3.63) is 69.6 Å². The van der Waals surface area contributed by atoms with Crippen LogP contribution >= 0.6 is 11.6 Å². The number of aliphatic hydroxyl groups is 2. The van der Waals surface area contributed by atoms with Crippen molar-refractivity contribution >= 4 is 11.6 Å². The van der Waals surface area contributed by atoms with Crippen LogP contribution in [-0.4, -0.2) is 22.9 Å². The molecule has 6 heteroatoms. The minimum Gasteiger partial charge on any atom is -0.390 e. The average Bonchev–Trinajstić information content (AvgIpc) is 2.52. The van der Waals surface area contributed by atoms with E-state index in [4.69, 9.17) is 17.1 Å². The first-order valence-electron chi connectivity index (χ1n) is 6.34. The zero-order valence-corrected chi connectivity index (χ0v) is 11.9. The second kappa shape index (κ2) is 7.11. The molecular weight excluding hydrogens is 290 g/mol. The molecule has 21 heavy (non-hydrogen) atoms. The van der Waals surface area contributed by atoms with Crippen molar-refractivity contribution in [2.75, 3.05) is 6.54 Å². The fourth-order valence-corrected chi connectivity index (χ4v) is 2.11. The van der Waals surface area contributed by atoms with Crippen LogP contribution in [-0.2, 0) is 0 Å². The Labute approximate surface area is 127 Å². The van der Waals surface area contributed by atoms with Gasteiger partial charge < -0.3 is 10.2 Å². The minimum atomic E-state index is -1.14. The van der Waals surface area contributed by atoms with E-state index in [1.165, 1.54) is 0 Å². The summed E-state index contributed by atoms with van der Waals surface area (Å²) in [6, 6.07) is 14.5. The highest BCUT2D eigenvalue weighted by molar-refractivity contribution is 6.30. The molecule has 2 aromatic carbocycles. The maximum atomic E-state index is 10.1. The predicted octanol–water partition coefficient (Wildman–Crippen LogP) is 3.71. The van der Waals surface area contributed by atoms with Gasteiger partial charge in [0.05, 0.1) is 12.6 Å². The summed E-state index contributed by atoms with van der Waals surface area (Å²) >= 11 is 5.86. The Kier molecular flexibility index (Phi) is 5.20. The molecular formula is C15H14ClN3O2. The zero-order valence-electron chi connectivity index (χ0n) is 11.1. The van der Waals surface area contributed by atoms with Crippen LogP contribution in [0.1, 0.15) is 11.7 Å². The molecule has 0 aliphatic rings. The number of nitrogens with zero attached hydrogens (tertiary/aromatic N) is 3. The van der Waals surface area contributed by atoms with Crippen LogP contribution in [0.3, 0.4) is 0 Å². The molecule has 2 aromatic rings. The molecule has 0 heterocycles. The molecule has 0 aliphatic heterocycles. The highest BCUT2D eigenvalue weighted by Gasteiger charge is 2.17. The molecule has 0 saturated heterocycles. The summed E-state index contributed by atoms with van der Waals surface area (Å²) in [5, 5.41) is 23.8. The smallest absolute Gasteiger partial charge is 0.105 e. The lowest BCUT2D eigenvalue weighted by molar-refractivity contribution is 0.0244. The minimum absolute atomic E-state index is 0.178. The summed E-state index contributed by atoms with van der Waals surface area (Å²) in [5.41, 5.74) is 10.7. The molecule has 0 bridgehead atoms. The van der Waals surface area contributed by atoms with E-state index in [0.717, 1.165) is 11.1 Å². The van der Waals surface area contributed by atoms with Gasteiger partial charge >= 0.3 is 0 Å². The first-order valence-corrected chi connectivity index (χ1v) is 6.72. The van der Waals surface area contributed by atoms with E-state index < -0.39 is 12.2 Å². The highest BCUT2D eigenvalue weighted by atomic mass is 35.5. The van der Waals surface area contributed by atoms with Crippen molar-refractivity contribution in [1.29, 1.82) is 0 Å². The van der Waals surface area contributed by atoms with Gasteiger partial charge in [0, 0.05) is 9.93 Å². The van der Waals surface area contributed by atoms with Crippen molar-refractivity contribution < 1.29 is 10.2 Å². The Bertz CT molecular complexity index is 654. The Balaban J connectivity index is 2.24. The number of hydrogen-bond acceptors (Lipinski definition) is 3. The number of azide groups is 1. The third-order valence-corrected chi connectivity index (χ3v) is 3.35. The Morgan fingerprint density at radius 3 is 2.48 bits per heavy atom. The van der Waals surface area contributed by atoms with Crippen LogP contribution in [0.5, 0.6) is 0 Å². The van der Waals surface area contributed by atoms with E-state index in [2.05, 4.69) is 10.0 Å². The van der Waals surface area contributed by atoms with Gasteiger partial charge in [0.15, 0.2) is 0 Å². The quantitative estimate of drug-likeness (QED) is 0.501. The lowest BCUT2D eigenvalue weighted by Gasteiger charge is -2.17. The molecule has 0 radical (unpaired) electrons. The normalized spacial score (nSPS) is 13.3. The second-order valence-corrected chi connectivity index (χ2v) is 4.99. The van der Waals surface area contributed by atoms with Gasteiger partial charge in [-0.2, -0.15) is 0 Å². The number of aliphatic hydroxyl groups excluding tert-OH is 2. The molecule has 0 spiro atoms. The lowest BCUT2D eigenvalue weighted by atomic mass is 9.98. The average molecular weight is 304 g/mol. The van der Waals surface area contributed by atoms with Crippen molar-refractivity contribution in [2.45, 2.75) is 12.2 Å². The molecule has 2 unspecified atom stereocenters. The Morgan fingerprint density at radius 2 is 1.81 bits per heavy atom.